The third-order valence-corrected chi connectivity index (χ3v) is 3.49. The van der Waals surface area contributed by atoms with E-state index in [2.05, 4.69) is 36.6 Å². The number of hydrogen-bond donors (Lipinski definition) is 2. The van der Waals surface area contributed by atoms with Crippen molar-refractivity contribution in [2.45, 2.75) is 20.0 Å². The van der Waals surface area contributed by atoms with Crippen LogP contribution in [0, 0.1) is 6.92 Å². The van der Waals surface area contributed by atoms with Gasteiger partial charge < -0.3 is 15.4 Å². The van der Waals surface area contributed by atoms with Crippen LogP contribution in [0.5, 0.6) is 5.88 Å². The smallest absolute Gasteiger partial charge is 0.315 e. The Hall–Kier alpha value is -2.09. The second-order valence-corrected chi connectivity index (χ2v) is 5.67. The first-order valence-electron chi connectivity index (χ1n) is 6.69. The van der Waals surface area contributed by atoms with Crippen LogP contribution in [0.1, 0.15) is 17.0 Å². The minimum absolute atomic E-state index is 0.263. The third kappa shape index (κ3) is 4.20. The first-order chi connectivity index (χ1) is 10.5. The lowest BCUT2D eigenvalue weighted by molar-refractivity contribution is 0.239. The molecule has 2 heterocycles. The minimum atomic E-state index is -0.263. The van der Waals surface area contributed by atoms with Crippen molar-refractivity contribution >= 4 is 22.0 Å². The van der Waals surface area contributed by atoms with Gasteiger partial charge in [-0.1, -0.05) is 0 Å². The van der Waals surface area contributed by atoms with E-state index in [0.29, 0.717) is 19.0 Å². The van der Waals surface area contributed by atoms with Gasteiger partial charge in [-0.25, -0.2) is 9.78 Å². The van der Waals surface area contributed by atoms with Crippen LogP contribution in [0.2, 0.25) is 0 Å². The Morgan fingerprint density at radius 2 is 2.09 bits per heavy atom. The van der Waals surface area contributed by atoms with E-state index in [9.17, 15) is 4.79 Å². The molecule has 0 aliphatic rings. The van der Waals surface area contributed by atoms with Gasteiger partial charge in [0.15, 0.2) is 0 Å². The zero-order chi connectivity index (χ0) is 16.1. The van der Waals surface area contributed by atoms with Crippen molar-refractivity contribution in [3.63, 3.8) is 0 Å². The van der Waals surface area contributed by atoms with Crippen molar-refractivity contribution in [1.29, 1.82) is 0 Å². The standard InChI is InChI=1S/C14H18BrN5O2/c1-9-4-12(20(2)19-9)8-18-14(21)17-6-10-5-11(15)7-16-13(10)22-3/h4-5,7H,6,8H2,1-3H3,(H2,17,18,21). The van der Waals surface area contributed by atoms with Crippen LogP contribution < -0.4 is 15.4 Å². The molecular weight excluding hydrogens is 350 g/mol. The van der Waals surface area contributed by atoms with E-state index in [1.54, 1.807) is 18.0 Å². The van der Waals surface area contributed by atoms with Gasteiger partial charge >= 0.3 is 6.03 Å². The monoisotopic (exact) mass is 367 g/mol. The summed E-state index contributed by atoms with van der Waals surface area (Å²) in [6.07, 6.45) is 1.65. The van der Waals surface area contributed by atoms with E-state index in [-0.39, 0.29) is 6.03 Å². The van der Waals surface area contributed by atoms with Gasteiger partial charge in [-0.05, 0) is 35.0 Å². The van der Waals surface area contributed by atoms with E-state index < -0.39 is 0 Å². The molecule has 0 aliphatic carbocycles. The SMILES string of the molecule is COc1ncc(Br)cc1CNC(=O)NCc1cc(C)nn1C. The molecule has 0 radical (unpaired) electrons. The predicted molar refractivity (Wildman–Crippen MR) is 85.5 cm³/mol. The van der Waals surface area contributed by atoms with Crippen LogP contribution in [0.15, 0.2) is 22.8 Å². The molecule has 0 aromatic carbocycles. The van der Waals surface area contributed by atoms with Gasteiger partial charge in [0.1, 0.15) is 0 Å². The number of aryl methyl sites for hydroxylation is 2. The molecule has 0 atom stereocenters. The number of halogens is 1. The van der Waals surface area contributed by atoms with Crippen LogP contribution in [0.4, 0.5) is 4.79 Å². The molecule has 2 aromatic rings. The quantitative estimate of drug-likeness (QED) is 0.845. The molecule has 0 saturated heterocycles. The molecule has 0 aliphatic heterocycles. The Morgan fingerprint density at radius 1 is 1.36 bits per heavy atom. The molecule has 7 nitrogen and oxygen atoms in total. The van der Waals surface area contributed by atoms with Crippen molar-refractivity contribution in [2.24, 2.45) is 7.05 Å². The predicted octanol–water partition coefficient (Wildman–Crippen LogP) is 1.89. The summed E-state index contributed by atoms with van der Waals surface area (Å²) in [5.74, 6) is 0.491. The lowest BCUT2D eigenvalue weighted by atomic mass is 10.2. The molecule has 0 fully saturated rings. The summed E-state index contributed by atoms with van der Waals surface area (Å²) in [7, 11) is 3.39. The fraction of sp³-hybridized carbons (Fsp3) is 0.357. The van der Waals surface area contributed by atoms with Crippen molar-refractivity contribution in [3.05, 3.63) is 39.8 Å². The van der Waals surface area contributed by atoms with E-state index >= 15 is 0 Å². The topological polar surface area (TPSA) is 81.1 Å². The van der Waals surface area contributed by atoms with Gasteiger partial charge in [-0.2, -0.15) is 5.10 Å². The number of carbonyl (C=O) groups excluding carboxylic acids is 1. The van der Waals surface area contributed by atoms with Crippen molar-refractivity contribution in [3.8, 4) is 5.88 Å². The van der Waals surface area contributed by atoms with E-state index in [4.69, 9.17) is 4.74 Å². The fourth-order valence-corrected chi connectivity index (χ4v) is 2.40. The van der Waals surface area contributed by atoms with Gasteiger partial charge in [0.05, 0.1) is 25.0 Å². The summed E-state index contributed by atoms with van der Waals surface area (Å²) in [4.78, 5) is 16.0. The number of rotatable bonds is 5. The number of hydrogen-bond acceptors (Lipinski definition) is 4. The first kappa shape index (κ1) is 16.3. The fourth-order valence-electron chi connectivity index (χ4n) is 2.02. The van der Waals surface area contributed by atoms with Crippen molar-refractivity contribution in [2.75, 3.05) is 7.11 Å². The molecule has 2 N–H and O–H groups in total. The van der Waals surface area contributed by atoms with Crippen LogP contribution in [-0.4, -0.2) is 27.9 Å². The molecule has 0 saturated carbocycles. The number of pyridine rings is 1. The highest BCUT2D eigenvalue weighted by Crippen LogP contribution is 2.19. The van der Waals surface area contributed by atoms with Crippen LogP contribution >= 0.6 is 15.9 Å². The maximum atomic E-state index is 11.9. The van der Waals surface area contributed by atoms with Crippen LogP contribution in [0.25, 0.3) is 0 Å². The number of nitrogens with zero attached hydrogens (tertiary/aromatic N) is 3. The van der Waals surface area contributed by atoms with Gasteiger partial charge in [-0.3, -0.25) is 4.68 Å². The molecule has 118 valence electrons. The second-order valence-electron chi connectivity index (χ2n) is 4.76. The maximum Gasteiger partial charge on any atom is 0.315 e. The number of nitrogens with one attached hydrogen (secondary N) is 2. The normalized spacial score (nSPS) is 10.4. The summed E-state index contributed by atoms with van der Waals surface area (Å²) in [5, 5.41) is 9.80. The number of urea groups is 1. The molecule has 8 heteroatoms. The molecule has 0 unspecified atom stereocenters. The van der Waals surface area contributed by atoms with Gasteiger partial charge in [-0.15, -0.1) is 0 Å². The average Bonchev–Trinajstić information content (AvgIpc) is 2.81. The highest BCUT2D eigenvalue weighted by molar-refractivity contribution is 9.10. The van der Waals surface area contributed by atoms with Crippen molar-refractivity contribution < 1.29 is 9.53 Å². The first-order valence-corrected chi connectivity index (χ1v) is 7.48. The average molecular weight is 368 g/mol. The third-order valence-electron chi connectivity index (χ3n) is 3.05. The summed E-state index contributed by atoms with van der Waals surface area (Å²) >= 11 is 3.35. The van der Waals surface area contributed by atoms with Crippen molar-refractivity contribution in [1.82, 2.24) is 25.4 Å². The number of amides is 2. The van der Waals surface area contributed by atoms with E-state index in [0.717, 1.165) is 21.4 Å². The molecule has 2 rings (SSSR count). The van der Waals surface area contributed by atoms with Gasteiger partial charge in [0.2, 0.25) is 5.88 Å². The molecule has 2 amide bonds. The molecular formula is C14H18BrN5O2. The minimum Gasteiger partial charge on any atom is -0.481 e. The summed E-state index contributed by atoms with van der Waals surface area (Å²) in [6.45, 7) is 2.65. The number of carbonyl (C=O) groups is 1. The van der Waals surface area contributed by atoms with E-state index in [1.807, 2.05) is 26.1 Å². The maximum absolute atomic E-state index is 11.9. The number of ether oxygens (including phenoxy) is 1. The zero-order valence-corrected chi connectivity index (χ0v) is 14.3. The number of aromatic nitrogens is 3. The Kier molecular flexibility index (Phi) is 5.37. The van der Waals surface area contributed by atoms with Gasteiger partial charge in [0.25, 0.3) is 0 Å². The summed E-state index contributed by atoms with van der Waals surface area (Å²) in [5.41, 5.74) is 2.66. The Labute approximate surface area is 137 Å². The summed E-state index contributed by atoms with van der Waals surface area (Å²) in [6, 6.07) is 3.53. The summed E-state index contributed by atoms with van der Waals surface area (Å²) < 4.78 is 7.74. The zero-order valence-electron chi connectivity index (χ0n) is 12.7. The highest BCUT2D eigenvalue weighted by Gasteiger charge is 2.08. The van der Waals surface area contributed by atoms with Gasteiger partial charge in [0, 0.05) is 29.8 Å². The van der Waals surface area contributed by atoms with Crippen LogP contribution in [-0.2, 0) is 20.1 Å². The lowest BCUT2D eigenvalue weighted by Crippen LogP contribution is -2.35. The Morgan fingerprint density at radius 3 is 2.73 bits per heavy atom. The second kappa shape index (κ2) is 7.26. The molecule has 2 aromatic heterocycles. The Balaban J connectivity index is 1.88. The largest absolute Gasteiger partial charge is 0.481 e. The molecule has 0 spiro atoms. The highest BCUT2D eigenvalue weighted by atomic mass is 79.9. The Bertz CT molecular complexity index is 671. The number of methoxy groups -OCH3 is 1. The molecule has 0 bridgehead atoms. The van der Waals surface area contributed by atoms with Crippen LogP contribution in [0.3, 0.4) is 0 Å². The molecule has 22 heavy (non-hydrogen) atoms. The van der Waals surface area contributed by atoms with E-state index in [1.165, 1.54) is 0 Å². The lowest BCUT2D eigenvalue weighted by Gasteiger charge is -2.10.